The second-order valence-electron chi connectivity index (χ2n) is 5.44. The Morgan fingerprint density at radius 2 is 1.67 bits per heavy atom. The average Bonchev–Trinajstić information content (AvgIpc) is 2.24. The van der Waals surface area contributed by atoms with Crippen molar-refractivity contribution in [2.75, 3.05) is 0 Å². The summed E-state index contributed by atoms with van der Waals surface area (Å²) in [5.41, 5.74) is 0.768. The van der Waals surface area contributed by atoms with Gasteiger partial charge in [0.05, 0.1) is 5.57 Å². The molecule has 0 aliphatic heterocycles. The van der Waals surface area contributed by atoms with E-state index in [1.54, 1.807) is 18.2 Å². The molecule has 18 heavy (non-hydrogen) atoms. The average molecular weight is 263 g/mol. The highest BCUT2D eigenvalue weighted by Crippen LogP contribution is 2.34. The van der Waals surface area contributed by atoms with Crippen molar-refractivity contribution in [3.63, 3.8) is 0 Å². The fourth-order valence-electron chi connectivity index (χ4n) is 2.19. The normalized spacial score (nSPS) is 18.9. The maximum Gasteiger partial charge on any atom is 0.167 e. The van der Waals surface area contributed by atoms with Crippen molar-refractivity contribution in [2.45, 2.75) is 26.7 Å². The number of carbonyl (C=O) groups excluding carboxylic acids is 2. The molecule has 3 heteroatoms. The van der Waals surface area contributed by atoms with E-state index < -0.39 is 0 Å². The van der Waals surface area contributed by atoms with Crippen LogP contribution in [0, 0.1) is 5.41 Å². The molecule has 94 valence electrons. The van der Waals surface area contributed by atoms with Crippen molar-refractivity contribution in [3.8, 4) is 0 Å². The highest BCUT2D eigenvalue weighted by atomic mass is 35.5. The first-order chi connectivity index (χ1) is 8.39. The van der Waals surface area contributed by atoms with Gasteiger partial charge in [-0.25, -0.2) is 0 Å². The number of hydrogen-bond donors (Lipinski definition) is 0. The molecule has 0 atom stereocenters. The van der Waals surface area contributed by atoms with Gasteiger partial charge in [0.25, 0.3) is 0 Å². The van der Waals surface area contributed by atoms with Crippen LogP contribution in [0.25, 0.3) is 6.08 Å². The summed E-state index contributed by atoms with van der Waals surface area (Å²) in [6.45, 7) is 3.88. The van der Waals surface area contributed by atoms with Gasteiger partial charge in [0.15, 0.2) is 11.6 Å². The van der Waals surface area contributed by atoms with E-state index in [1.165, 1.54) is 0 Å². The summed E-state index contributed by atoms with van der Waals surface area (Å²) in [5, 5.41) is 0.551. The standard InChI is InChI=1S/C15H15ClO2/c1-15(2)8-13(17)11(14(18)9-15)7-10-5-3-4-6-12(10)16/h3-7H,8-9H2,1-2H3. The van der Waals surface area contributed by atoms with Gasteiger partial charge in [0.2, 0.25) is 0 Å². The van der Waals surface area contributed by atoms with E-state index in [0.717, 1.165) is 5.56 Å². The Morgan fingerprint density at radius 1 is 1.11 bits per heavy atom. The number of ketones is 2. The maximum absolute atomic E-state index is 12.0. The van der Waals surface area contributed by atoms with Crippen molar-refractivity contribution in [3.05, 3.63) is 40.4 Å². The van der Waals surface area contributed by atoms with Crippen LogP contribution in [0.1, 0.15) is 32.3 Å². The van der Waals surface area contributed by atoms with Crippen LogP contribution in [0.5, 0.6) is 0 Å². The van der Waals surface area contributed by atoms with E-state index in [9.17, 15) is 9.59 Å². The maximum atomic E-state index is 12.0. The molecule has 0 amide bonds. The van der Waals surface area contributed by atoms with Crippen LogP contribution in [0.15, 0.2) is 29.8 Å². The largest absolute Gasteiger partial charge is 0.294 e. The summed E-state index contributed by atoms with van der Waals surface area (Å²) in [6.07, 6.45) is 2.44. The molecule has 1 aliphatic rings. The Hall–Kier alpha value is -1.41. The molecule has 0 heterocycles. The van der Waals surface area contributed by atoms with Crippen LogP contribution in [0.4, 0.5) is 0 Å². The summed E-state index contributed by atoms with van der Waals surface area (Å²) in [5.74, 6) is -0.174. The summed E-state index contributed by atoms with van der Waals surface area (Å²) < 4.78 is 0. The summed E-state index contributed by atoms with van der Waals surface area (Å²) >= 11 is 6.03. The van der Waals surface area contributed by atoms with E-state index in [4.69, 9.17) is 11.6 Å². The third-order valence-corrected chi connectivity index (χ3v) is 3.43. The van der Waals surface area contributed by atoms with Gasteiger partial charge in [-0.05, 0) is 23.1 Å². The van der Waals surface area contributed by atoms with Gasteiger partial charge in [-0.1, -0.05) is 43.6 Å². The molecule has 0 N–H and O–H groups in total. The second kappa shape index (κ2) is 4.69. The van der Waals surface area contributed by atoms with Crippen LogP contribution >= 0.6 is 11.6 Å². The monoisotopic (exact) mass is 262 g/mol. The fraction of sp³-hybridized carbons (Fsp3) is 0.333. The minimum absolute atomic E-state index is 0.0869. The topological polar surface area (TPSA) is 34.1 Å². The van der Waals surface area contributed by atoms with Crippen LogP contribution in [-0.2, 0) is 9.59 Å². The summed E-state index contributed by atoms with van der Waals surface area (Å²) in [7, 11) is 0. The lowest BCUT2D eigenvalue weighted by Crippen LogP contribution is -2.31. The predicted octanol–water partition coefficient (Wildman–Crippen LogP) is 3.68. The number of carbonyl (C=O) groups is 2. The SMILES string of the molecule is CC1(C)CC(=O)C(=Cc2ccccc2Cl)C(=O)C1. The molecule has 1 saturated carbocycles. The van der Waals surface area contributed by atoms with Gasteiger partial charge >= 0.3 is 0 Å². The third-order valence-electron chi connectivity index (χ3n) is 3.08. The molecular weight excluding hydrogens is 248 g/mol. The molecule has 1 aromatic carbocycles. The van der Waals surface area contributed by atoms with E-state index in [2.05, 4.69) is 0 Å². The molecule has 2 nitrogen and oxygen atoms in total. The first kappa shape index (κ1) is 13.0. The van der Waals surface area contributed by atoms with Gasteiger partial charge in [-0.15, -0.1) is 0 Å². The van der Waals surface area contributed by atoms with E-state index in [1.807, 2.05) is 26.0 Å². The Morgan fingerprint density at radius 3 is 2.22 bits per heavy atom. The summed E-state index contributed by atoms with van der Waals surface area (Å²) in [6, 6.07) is 7.20. The van der Waals surface area contributed by atoms with Gasteiger partial charge in [0, 0.05) is 17.9 Å². The highest BCUT2D eigenvalue weighted by molar-refractivity contribution is 6.33. The van der Waals surface area contributed by atoms with Crippen molar-refractivity contribution < 1.29 is 9.59 Å². The number of rotatable bonds is 1. The van der Waals surface area contributed by atoms with Gasteiger partial charge in [-0.2, -0.15) is 0 Å². The van der Waals surface area contributed by atoms with E-state index in [-0.39, 0.29) is 22.6 Å². The molecule has 0 spiro atoms. The van der Waals surface area contributed by atoms with Crippen molar-refractivity contribution in [2.24, 2.45) is 5.41 Å². The zero-order chi connectivity index (χ0) is 13.3. The van der Waals surface area contributed by atoms with E-state index in [0.29, 0.717) is 17.9 Å². The molecule has 0 aromatic heterocycles. The van der Waals surface area contributed by atoms with Gasteiger partial charge in [-0.3, -0.25) is 9.59 Å². The van der Waals surface area contributed by atoms with E-state index >= 15 is 0 Å². The van der Waals surface area contributed by atoms with Crippen LogP contribution < -0.4 is 0 Å². The minimum Gasteiger partial charge on any atom is -0.294 e. The molecular formula is C15H15ClO2. The minimum atomic E-state index is -0.230. The van der Waals surface area contributed by atoms with Gasteiger partial charge < -0.3 is 0 Å². The number of hydrogen-bond acceptors (Lipinski definition) is 2. The fourth-order valence-corrected chi connectivity index (χ4v) is 2.38. The van der Waals surface area contributed by atoms with Crippen LogP contribution in [-0.4, -0.2) is 11.6 Å². The van der Waals surface area contributed by atoms with Crippen molar-refractivity contribution >= 4 is 29.2 Å². The molecule has 0 saturated heterocycles. The quantitative estimate of drug-likeness (QED) is 0.571. The molecule has 1 fully saturated rings. The molecule has 0 radical (unpaired) electrons. The molecule has 1 aromatic rings. The van der Waals surface area contributed by atoms with Crippen LogP contribution in [0.3, 0.4) is 0 Å². The number of halogens is 1. The first-order valence-corrected chi connectivity index (χ1v) is 6.29. The predicted molar refractivity (Wildman–Crippen MR) is 72.5 cm³/mol. The van der Waals surface area contributed by atoms with Crippen LogP contribution in [0.2, 0.25) is 5.02 Å². The lowest BCUT2D eigenvalue weighted by Gasteiger charge is -2.28. The van der Waals surface area contributed by atoms with Crippen molar-refractivity contribution in [1.82, 2.24) is 0 Å². The van der Waals surface area contributed by atoms with Crippen molar-refractivity contribution in [1.29, 1.82) is 0 Å². The lowest BCUT2D eigenvalue weighted by molar-refractivity contribution is -0.127. The molecule has 0 bridgehead atoms. The Bertz CT molecular complexity index is 519. The molecule has 0 unspecified atom stereocenters. The zero-order valence-corrected chi connectivity index (χ0v) is 11.3. The molecule has 1 aliphatic carbocycles. The zero-order valence-electron chi connectivity index (χ0n) is 10.5. The Balaban J connectivity index is 2.37. The second-order valence-corrected chi connectivity index (χ2v) is 5.85. The van der Waals surface area contributed by atoms with Gasteiger partial charge in [0.1, 0.15) is 0 Å². The third kappa shape index (κ3) is 2.70. The smallest absolute Gasteiger partial charge is 0.167 e. The number of benzene rings is 1. The highest BCUT2D eigenvalue weighted by Gasteiger charge is 2.35. The first-order valence-electron chi connectivity index (χ1n) is 5.92. The number of allylic oxidation sites excluding steroid dienone is 1. The summed E-state index contributed by atoms with van der Waals surface area (Å²) in [4.78, 5) is 24.0. The molecule has 2 rings (SSSR count). The lowest BCUT2D eigenvalue weighted by atomic mass is 9.74. The number of Topliss-reactive ketones (excluding diaryl/α,β-unsaturated/α-hetero) is 2. The Kier molecular flexibility index (Phi) is 3.40. The Labute approximate surface area is 112 Å².